The number of benzene rings is 1. The number of urea groups is 1. The second-order valence-electron chi connectivity index (χ2n) is 6.47. The number of nitrogens with one attached hydrogen (secondary N) is 2. The van der Waals surface area contributed by atoms with Gasteiger partial charge < -0.3 is 10.1 Å². The van der Waals surface area contributed by atoms with Gasteiger partial charge in [-0.3, -0.25) is 10.00 Å². The molecule has 0 saturated heterocycles. The fourth-order valence-corrected chi connectivity index (χ4v) is 3.83. The van der Waals surface area contributed by atoms with Crippen LogP contribution in [-0.4, -0.2) is 28.9 Å². The molecule has 0 radical (unpaired) electrons. The lowest BCUT2D eigenvalue weighted by Gasteiger charge is -2.09. The predicted molar refractivity (Wildman–Crippen MR) is 110 cm³/mol. The average Bonchev–Trinajstić information content (AvgIpc) is 3.17. The highest BCUT2D eigenvalue weighted by molar-refractivity contribution is 7.16. The molecular formula is C20H21FN4O3S. The zero-order valence-corrected chi connectivity index (χ0v) is 17.3. The molecule has 29 heavy (non-hydrogen) atoms. The van der Waals surface area contributed by atoms with Crippen LogP contribution in [0.3, 0.4) is 0 Å². The lowest BCUT2D eigenvalue weighted by molar-refractivity contribution is 0.0602. The van der Waals surface area contributed by atoms with Gasteiger partial charge in [0.05, 0.1) is 36.3 Å². The van der Waals surface area contributed by atoms with E-state index in [-0.39, 0.29) is 12.4 Å². The minimum absolute atomic E-state index is 0.249. The van der Waals surface area contributed by atoms with Crippen molar-refractivity contribution in [3.05, 3.63) is 63.5 Å². The summed E-state index contributed by atoms with van der Waals surface area (Å²) in [6.45, 7) is 5.64. The lowest BCUT2D eigenvalue weighted by atomic mass is 10.2. The second-order valence-corrected chi connectivity index (χ2v) is 7.72. The number of hydrogen-bond donors (Lipinski definition) is 2. The molecule has 2 amide bonds. The van der Waals surface area contributed by atoms with E-state index in [4.69, 9.17) is 4.74 Å². The van der Waals surface area contributed by atoms with Crippen LogP contribution in [0.25, 0.3) is 0 Å². The number of aromatic nitrogens is 2. The Bertz CT molecular complexity index is 1070. The first-order valence-electron chi connectivity index (χ1n) is 8.84. The smallest absolute Gasteiger partial charge is 0.340 e. The number of hydrogen-bond acceptors (Lipinski definition) is 5. The van der Waals surface area contributed by atoms with E-state index >= 15 is 0 Å². The van der Waals surface area contributed by atoms with Crippen molar-refractivity contribution in [3.63, 3.8) is 0 Å². The van der Waals surface area contributed by atoms with Crippen molar-refractivity contribution in [1.82, 2.24) is 9.78 Å². The summed E-state index contributed by atoms with van der Waals surface area (Å²) in [7, 11) is 1.29. The molecule has 2 aromatic heterocycles. The first kappa shape index (κ1) is 20.5. The third-order valence-electron chi connectivity index (χ3n) is 4.39. The van der Waals surface area contributed by atoms with Gasteiger partial charge in [-0.25, -0.2) is 14.0 Å². The maximum atomic E-state index is 13.9. The molecule has 0 unspecified atom stereocenters. The summed E-state index contributed by atoms with van der Waals surface area (Å²) in [5.74, 6) is -0.828. The Morgan fingerprint density at radius 2 is 1.93 bits per heavy atom. The largest absolute Gasteiger partial charge is 0.465 e. The zero-order valence-electron chi connectivity index (χ0n) is 16.5. The van der Waals surface area contributed by atoms with E-state index in [0.29, 0.717) is 33.2 Å². The van der Waals surface area contributed by atoms with Crippen LogP contribution in [0.1, 0.15) is 32.2 Å². The Morgan fingerprint density at radius 1 is 1.21 bits per heavy atom. The molecule has 2 heterocycles. The van der Waals surface area contributed by atoms with Crippen LogP contribution < -0.4 is 10.6 Å². The topological polar surface area (TPSA) is 85.2 Å². The molecule has 0 bridgehead atoms. The van der Waals surface area contributed by atoms with Crippen LogP contribution in [0, 0.1) is 26.6 Å². The highest BCUT2D eigenvalue weighted by Crippen LogP contribution is 2.29. The number of carbonyl (C=O) groups is 2. The first-order chi connectivity index (χ1) is 13.8. The Kier molecular flexibility index (Phi) is 5.97. The Morgan fingerprint density at radius 3 is 2.62 bits per heavy atom. The van der Waals surface area contributed by atoms with Crippen molar-refractivity contribution < 1.29 is 18.7 Å². The highest BCUT2D eigenvalue weighted by atomic mass is 32.1. The van der Waals surface area contributed by atoms with Crippen LogP contribution in [0.15, 0.2) is 30.3 Å². The molecule has 0 atom stereocenters. The fraction of sp³-hybridized carbons (Fsp3) is 0.250. The van der Waals surface area contributed by atoms with Gasteiger partial charge in [-0.15, -0.1) is 11.3 Å². The lowest BCUT2D eigenvalue weighted by Crippen LogP contribution is -2.21. The number of rotatable bonds is 5. The molecule has 2 N–H and O–H groups in total. The minimum Gasteiger partial charge on any atom is -0.465 e. The van der Waals surface area contributed by atoms with Crippen LogP contribution in [0.2, 0.25) is 0 Å². The van der Waals surface area contributed by atoms with E-state index in [0.717, 1.165) is 4.88 Å². The number of nitrogens with zero attached hydrogens (tertiary/aromatic N) is 2. The van der Waals surface area contributed by atoms with Gasteiger partial charge in [-0.05, 0) is 32.9 Å². The van der Waals surface area contributed by atoms with Crippen molar-refractivity contribution in [2.75, 3.05) is 17.7 Å². The molecule has 3 rings (SSSR count). The normalized spacial score (nSPS) is 10.7. The number of amides is 2. The van der Waals surface area contributed by atoms with Crippen LogP contribution in [0.5, 0.6) is 0 Å². The molecular weight excluding hydrogens is 395 g/mol. The number of methoxy groups -OCH3 is 1. The van der Waals surface area contributed by atoms with E-state index in [1.807, 2.05) is 6.92 Å². The fourth-order valence-electron chi connectivity index (χ4n) is 2.94. The highest BCUT2D eigenvalue weighted by Gasteiger charge is 2.19. The van der Waals surface area contributed by atoms with Gasteiger partial charge in [-0.2, -0.15) is 5.10 Å². The maximum absolute atomic E-state index is 13.9. The number of carbonyl (C=O) groups excluding carboxylic acids is 2. The molecule has 9 heteroatoms. The summed E-state index contributed by atoms with van der Waals surface area (Å²) in [5, 5.41) is 10.3. The summed E-state index contributed by atoms with van der Waals surface area (Å²) in [6.07, 6.45) is 0. The number of thiophene rings is 1. The van der Waals surface area contributed by atoms with E-state index in [2.05, 4.69) is 15.7 Å². The molecule has 1 aromatic carbocycles. The Hall–Kier alpha value is -3.20. The molecule has 0 aliphatic heterocycles. The number of anilines is 2. The summed E-state index contributed by atoms with van der Waals surface area (Å²) in [6, 6.07) is 7.64. The average molecular weight is 416 g/mol. The molecule has 152 valence electrons. The van der Waals surface area contributed by atoms with E-state index in [1.54, 1.807) is 42.8 Å². The standard InChI is InChI=1S/C20H21FN4O3S/c1-11-9-15(19(26)28-4)18(29-11)23-20(27)22-17-12(2)24-25(13(17)3)10-14-7-5-6-8-16(14)21/h5-9H,10H2,1-4H3,(H2,22,23,27). The van der Waals surface area contributed by atoms with Crippen LogP contribution in [0.4, 0.5) is 19.9 Å². The van der Waals surface area contributed by atoms with Gasteiger partial charge in [0.1, 0.15) is 10.8 Å². The molecule has 0 saturated carbocycles. The molecule has 3 aromatic rings. The molecule has 0 spiro atoms. The molecule has 0 fully saturated rings. The van der Waals surface area contributed by atoms with Crippen molar-refractivity contribution in [1.29, 1.82) is 0 Å². The van der Waals surface area contributed by atoms with E-state index in [9.17, 15) is 14.0 Å². The van der Waals surface area contributed by atoms with E-state index < -0.39 is 12.0 Å². The number of ether oxygens (including phenoxy) is 1. The summed E-state index contributed by atoms with van der Waals surface area (Å²) in [4.78, 5) is 25.3. The van der Waals surface area contributed by atoms with Gasteiger partial charge in [0.25, 0.3) is 0 Å². The van der Waals surface area contributed by atoms with Crippen molar-refractivity contribution in [3.8, 4) is 0 Å². The zero-order chi connectivity index (χ0) is 21.1. The number of esters is 1. The van der Waals surface area contributed by atoms with Crippen molar-refractivity contribution in [2.45, 2.75) is 27.3 Å². The van der Waals surface area contributed by atoms with Crippen molar-refractivity contribution in [2.24, 2.45) is 0 Å². The molecule has 0 aliphatic carbocycles. The maximum Gasteiger partial charge on any atom is 0.340 e. The second kappa shape index (κ2) is 8.44. The first-order valence-corrected chi connectivity index (χ1v) is 9.66. The minimum atomic E-state index is -0.519. The van der Waals surface area contributed by atoms with Gasteiger partial charge in [0.15, 0.2) is 0 Å². The van der Waals surface area contributed by atoms with Gasteiger partial charge in [0, 0.05) is 10.4 Å². The van der Waals surface area contributed by atoms with E-state index in [1.165, 1.54) is 24.5 Å². The van der Waals surface area contributed by atoms with Crippen molar-refractivity contribution >= 4 is 34.0 Å². The molecule has 0 aliphatic rings. The third kappa shape index (κ3) is 4.45. The van der Waals surface area contributed by atoms with Crippen LogP contribution >= 0.6 is 11.3 Å². The third-order valence-corrected chi connectivity index (χ3v) is 5.35. The monoisotopic (exact) mass is 416 g/mol. The number of halogens is 1. The van der Waals surface area contributed by atoms with Gasteiger partial charge in [-0.1, -0.05) is 18.2 Å². The van der Waals surface area contributed by atoms with Gasteiger partial charge in [0.2, 0.25) is 0 Å². The number of aryl methyl sites for hydroxylation is 2. The Balaban J connectivity index is 1.77. The quantitative estimate of drug-likeness (QED) is 0.600. The SMILES string of the molecule is COC(=O)c1cc(C)sc1NC(=O)Nc1c(C)nn(Cc2ccccc2F)c1C. The summed E-state index contributed by atoms with van der Waals surface area (Å²) < 4.78 is 20.3. The van der Waals surface area contributed by atoms with Gasteiger partial charge >= 0.3 is 12.0 Å². The summed E-state index contributed by atoms with van der Waals surface area (Å²) in [5.41, 5.74) is 2.63. The summed E-state index contributed by atoms with van der Waals surface area (Å²) >= 11 is 1.28. The van der Waals surface area contributed by atoms with Crippen LogP contribution in [-0.2, 0) is 11.3 Å². The molecule has 7 nitrogen and oxygen atoms in total. The Labute approximate surface area is 171 Å². The predicted octanol–water partition coefficient (Wildman–Crippen LogP) is 4.49.